The highest BCUT2D eigenvalue weighted by molar-refractivity contribution is 6.30. The van der Waals surface area contributed by atoms with Gasteiger partial charge in [-0.25, -0.2) is 4.98 Å². The maximum Gasteiger partial charge on any atom is 0.229 e. The van der Waals surface area contributed by atoms with E-state index in [0.29, 0.717) is 16.8 Å². The van der Waals surface area contributed by atoms with E-state index in [0.717, 1.165) is 22.8 Å². The molecule has 3 aromatic rings. The largest absolute Gasteiger partial charge is 0.491 e. The van der Waals surface area contributed by atoms with Crippen LogP contribution in [-0.4, -0.2) is 16.1 Å². The molecule has 0 aliphatic heterocycles. The highest BCUT2D eigenvalue weighted by atomic mass is 35.5. The average Bonchev–Trinajstić information content (AvgIpc) is 2.58. The number of nitrogens with zero attached hydrogens (tertiary/aromatic N) is 2. The van der Waals surface area contributed by atoms with Gasteiger partial charge in [-0.2, -0.15) is 4.98 Å². The molecular formula is C20H21ClN4O. The Hall–Kier alpha value is -2.79. The first-order chi connectivity index (χ1) is 12.5. The number of halogens is 1. The number of hydrogen-bond donors (Lipinski definition) is 2. The summed E-state index contributed by atoms with van der Waals surface area (Å²) in [4.78, 5) is 8.94. The second-order valence-corrected chi connectivity index (χ2v) is 6.60. The Labute approximate surface area is 158 Å². The maximum atomic E-state index is 5.92. The summed E-state index contributed by atoms with van der Waals surface area (Å²) in [6.45, 7) is 5.94. The lowest BCUT2D eigenvalue weighted by atomic mass is 10.3. The van der Waals surface area contributed by atoms with Crippen molar-refractivity contribution in [1.82, 2.24) is 9.97 Å². The summed E-state index contributed by atoms with van der Waals surface area (Å²) in [6, 6.07) is 17.1. The van der Waals surface area contributed by atoms with Crippen LogP contribution in [-0.2, 0) is 0 Å². The van der Waals surface area contributed by atoms with Crippen LogP contribution in [0.4, 0.5) is 23.1 Å². The Kier molecular flexibility index (Phi) is 5.58. The normalized spacial score (nSPS) is 10.7. The molecule has 26 heavy (non-hydrogen) atoms. The molecular weight excluding hydrogens is 348 g/mol. The van der Waals surface area contributed by atoms with Gasteiger partial charge in [0.05, 0.1) is 6.10 Å². The van der Waals surface area contributed by atoms with Crippen LogP contribution < -0.4 is 15.4 Å². The Morgan fingerprint density at radius 1 is 0.885 bits per heavy atom. The van der Waals surface area contributed by atoms with Gasteiger partial charge in [-0.1, -0.05) is 11.6 Å². The van der Waals surface area contributed by atoms with Crippen LogP contribution in [0.1, 0.15) is 19.5 Å². The molecule has 0 aliphatic carbocycles. The number of anilines is 4. The minimum atomic E-state index is 0.153. The second kappa shape index (κ2) is 8.06. The van der Waals surface area contributed by atoms with Gasteiger partial charge >= 0.3 is 0 Å². The molecule has 2 aromatic carbocycles. The van der Waals surface area contributed by atoms with Crippen molar-refractivity contribution in [2.24, 2.45) is 0 Å². The summed E-state index contributed by atoms with van der Waals surface area (Å²) in [6.07, 6.45) is 0.153. The van der Waals surface area contributed by atoms with Crippen LogP contribution in [0.25, 0.3) is 0 Å². The van der Waals surface area contributed by atoms with Crippen LogP contribution >= 0.6 is 11.6 Å². The van der Waals surface area contributed by atoms with Crippen molar-refractivity contribution in [1.29, 1.82) is 0 Å². The van der Waals surface area contributed by atoms with Crippen LogP contribution in [0.15, 0.2) is 54.6 Å². The summed E-state index contributed by atoms with van der Waals surface area (Å²) < 4.78 is 5.66. The van der Waals surface area contributed by atoms with Gasteiger partial charge in [0.25, 0.3) is 0 Å². The zero-order valence-electron chi connectivity index (χ0n) is 15.0. The fraction of sp³-hybridized carbons (Fsp3) is 0.200. The fourth-order valence-electron chi connectivity index (χ4n) is 2.39. The summed E-state index contributed by atoms with van der Waals surface area (Å²) in [5.41, 5.74) is 2.66. The third-order valence-corrected chi connectivity index (χ3v) is 3.71. The number of rotatable bonds is 6. The molecule has 0 radical (unpaired) electrons. The van der Waals surface area contributed by atoms with Crippen molar-refractivity contribution in [3.05, 3.63) is 65.3 Å². The molecule has 0 amide bonds. The van der Waals surface area contributed by atoms with Crippen molar-refractivity contribution in [2.45, 2.75) is 26.9 Å². The fourth-order valence-corrected chi connectivity index (χ4v) is 2.51. The van der Waals surface area contributed by atoms with E-state index >= 15 is 0 Å². The van der Waals surface area contributed by atoms with Gasteiger partial charge in [-0.15, -0.1) is 0 Å². The van der Waals surface area contributed by atoms with E-state index in [1.54, 1.807) is 0 Å². The summed E-state index contributed by atoms with van der Waals surface area (Å²) in [5.74, 6) is 2.08. The number of nitrogens with one attached hydrogen (secondary N) is 2. The Morgan fingerprint density at radius 3 is 2.15 bits per heavy atom. The summed E-state index contributed by atoms with van der Waals surface area (Å²) >= 11 is 5.92. The van der Waals surface area contributed by atoms with Crippen LogP contribution in [0, 0.1) is 6.92 Å². The first-order valence-electron chi connectivity index (χ1n) is 8.40. The molecule has 3 rings (SSSR count). The first-order valence-corrected chi connectivity index (χ1v) is 8.78. The third-order valence-electron chi connectivity index (χ3n) is 3.45. The topological polar surface area (TPSA) is 59.1 Å². The van der Waals surface area contributed by atoms with E-state index in [4.69, 9.17) is 16.3 Å². The van der Waals surface area contributed by atoms with E-state index in [1.165, 1.54) is 0 Å². The number of ether oxygens (including phenoxy) is 1. The van der Waals surface area contributed by atoms with E-state index in [-0.39, 0.29) is 6.10 Å². The predicted molar refractivity (Wildman–Crippen MR) is 107 cm³/mol. The molecule has 1 aromatic heterocycles. The van der Waals surface area contributed by atoms with Crippen molar-refractivity contribution in [2.75, 3.05) is 10.6 Å². The lowest BCUT2D eigenvalue weighted by Crippen LogP contribution is -2.05. The highest BCUT2D eigenvalue weighted by Crippen LogP contribution is 2.22. The highest BCUT2D eigenvalue weighted by Gasteiger charge is 2.05. The molecule has 0 spiro atoms. The molecule has 6 heteroatoms. The maximum absolute atomic E-state index is 5.92. The SMILES string of the molecule is Cc1cc(Nc2ccc(OC(C)C)cc2)nc(Nc2ccc(Cl)cc2)n1. The van der Waals surface area contributed by atoms with Gasteiger partial charge < -0.3 is 15.4 Å². The molecule has 5 nitrogen and oxygen atoms in total. The standard InChI is InChI=1S/C20H21ClN4O/c1-13(2)26-18-10-8-16(9-11-18)23-19-12-14(3)22-20(25-19)24-17-6-4-15(21)5-7-17/h4-13H,1-3H3,(H2,22,23,24,25). The number of hydrogen-bond acceptors (Lipinski definition) is 5. The van der Waals surface area contributed by atoms with E-state index < -0.39 is 0 Å². The van der Waals surface area contributed by atoms with Crippen molar-refractivity contribution in [3.63, 3.8) is 0 Å². The average molecular weight is 369 g/mol. The second-order valence-electron chi connectivity index (χ2n) is 6.17. The lowest BCUT2D eigenvalue weighted by Gasteiger charge is -2.12. The molecule has 0 saturated heterocycles. The van der Waals surface area contributed by atoms with Gasteiger partial charge in [-0.3, -0.25) is 0 Å². The third kappa shape index (κ3) is 5.10. The number of aryl methyl sites for hydroxylation is 1. The smallest absolute Gasteiger partial charge is 0.229 e. The van der Waals surface area contributed by atoms with Gasteiger partial charge in [0.2, 0.25) is 5.95 Å². The molecule has 0 bridgehead atoms. The number of aromatic nitrogens is 2. The van der Waals surface area contributed by atoms with Gasteiger partial charge in [0, 0.05) is 28.2 Å². The van der Waals surface area contributed by atoms with Gasteiger partial charge in [0.1, 0.15) is 11.6 Å². The van der Waals surface area contributed by atoms with E-state index in [1.807, 2.05) is 75.4 Å². The monoisotopic (exact) mass is 368 g/mol. The zero-order chi connectivity index (χ0) is 18.5. The molecule has 0 aliphatic rings. The van der Waals surface area contributed by atoms with E-state index in [9.17, 15) is 0 Å². The van der Waals surface area contributed by atoms with Crippen LogP contribution in [0.3, 0.4) is 0 Å². The summed E-state index contributed by atoms with van der Waals surface area (Å²) in [7, 11) is 0. The number of benzene rings is 2. The minimum absolute atomic E-state index is 0.153. The molecule has 0 saturated carbocycles. The zero-order valence-corrected chi connectivity index (χ0v) is 15.7. The molecule has 2 N–H and O–H groups in total. The minimum Gasteiger partial charge on any atom is -0.491 e. The lowest BCUT2D eigenvalue weighted by molar-refractivity contribution is 0.242. The van der Waals surface area contributed by atoms with Crippen molar-refractivity contribution >= 4 is 34.7 Å². The first kappa shape index (κ1) is 18.0. The Bertz CT molecular complexity index is 864. The quantitative estimate of drug-likeness (QED) is 0.583. The summed E-state index contributed by atoms with van der Waals surface area (Å²) in [5, 5.41) is 7.17. The van der Waals surface area contributed by atoms with Gasteiger partial charge in [-0.05, 0) is 69.3 Å². The Balaban J connectivity index is 1.73. The Morgan fingerprint density at radius 2 is 1.50 bits per heavy atom. The molecule has 0 unspecified atom stereocenters. The molecule has 134 valence electrons. The van der Waals surface area contributed by atoms with Crippen molar-refractivity contribution < 1.29 is 4.74 Å². The van der Waals surface area contributed by atoms with Crippen LogP contribution in [0.2, 0.25) is 5.02 Å². The molecule has 1 heterocycles. The predicted octanol–water partition coefficient (Wildman–Crippen LogP) is 5.71. The molecule has 0 fully saturated rings. The van der Waals surface area contributed by atoms with Crippen molar-refractivity contribution in [3.8, 4) is 5.75 Å². The molecule has 0 atom stereocenters. The van der Waals surface area contributed by atoms with Gasteiger partial charge in [0.15, 0.2) is 0 Å². The van der Waals surface area contributed by atoms with Crippen LogP contribution in [0.5, 0.6) is 5.75 Å². The van der Waals surface area contributed by atoms with E-state index in [2.05, 4.69) is 20.6 Å².